The van der Waals surface area contributed by atoms with Gasteiger partial charge in [-0.25, -0.2) is 4.39 Å². The van der Waals surface area contributed by atoms with Crippen LogP contribution < -0.4 is 5.32 Å². The van der Waals surface area contributed by atoms with Crippen LogP contribution in [0.15, 0.2) is 24.3 Å². The van der Waals surface area contributed by atoms with Crippen molar-refractivity contribution in [2.45, 2.75) is 25.9 Å². The van der Waals surface area contributed by atoms with Gasteiger partial charge in [0.1, 0.15) is 5.82 Å². The normalized spacial score (nSPS) is 26.1. The molecule has 0 amide bonds. The summed E-state index contributed by atoms with van der Waals surface area (Å²) in [6, 6.07) is 6.80. The molecular weight excluding hydrogens is 257 g/mol. The van der Waals surface area contributed by atoms with Gasteiger partial charge in [0.05, 0.1) is 12.7 Å². The van der Waals surface area contributed by atoms with E-state index in [9.17, 15) is 4.39 Å². The summed E-state index contributed by atoms with van der Waals surface area (Å²) in [4.78, 5) is 0. The Morgan fingerprint density at radius 1 is 1.40 bits per heavy atom. The molecule has 1 aromatic rings. The zero-order chi connectivity index (χ0) is 14.4. The molecule has 2 unspecified atom stereocenters. The zero-order valence-corrected chi connectivity index (χ0v) is 12.3. The molecule has 20 heavy (non-hydrogen) atoms. The summed E-state index contributed by atoms with van der Waals surface area (Å²) in [6.07, 6.45) is 2.16. The fourth-order valence-electron chi connectivity index (χ4n) is 2.87. The van der Waals surface area contributed by atoms with Gasteiger partial charge in [-0.1, -0.05) is 12.1 Å². The Morgan fingerprint density at radius 2 is 2.15 bits per heavy atom. The Bertz CT molecular complexity index is 409. The first-order valence-corrected chi connectivity index (χ1v) is 7.22. The van der Waals surface area contributed by atoms with E-state index in [2.05, 4.69) is 12.2 Å². The molecule has 0 radical (unpaired) electrons. The minimum Gasteiger partial charge on any atom is -0.383 e. The highest BCUT2D eigenvalue weighted by Gasteiger charge is 2.41. The fourth-order valence-corrected chi connectivity index (χ4v) is 2.87. The van der Waals surface area contributed by atoms with Gasteiger partial charge in [0, 0.05) is 32.2 Å². The van der Waals surface area contributed by atoms with Crippen LogP contribution in [-0.2, 0) is 15.9 Å². The second kappa shape index (κ2) is 7.16. The van der Waals surface area contributed by atoms with Gasteiger partial charge in [-0.3, -0.25) is 0 Å². The van der Waals surface area contributed by atoms with E-state index in [1.807, 2.05) is 12.1 Å². The van der Waals surface area contributed by atoms with E-state index in [1.54, 1.807) is 7.11 Å². The van der Waals surface area contributed by atoms with Crippen molar-refractivity contribution in [3.05, 3.63) is 35.6 Å². The molecule has 0 saturated carbocycles. The minimum atomic E-state index is -0.184. The molecule has 1 aliphatic rings. The third-order valence-electron chi connectivity index (χ3n) is 4.26. The molecule has 0 aliphatic carbocycles. The molecule has 0 spiro atoms. The molecule has 0 aromatic heterocycles. The predicted octanol–water partition coefficient (Wildman–Crippen LogP) is 2.40. The number of benzene rings is 1. The van der Waals surface area contributed by atoms with E-state index < -0.39 is 0 Å². The van der Waals surface area contributed by atoms with Crippen molar-refractivity contribution in [2.24, 2.45) is 5.41 Å². The zero-order valence-electron chi connectivity index (χ0n) is 12.3. The smallest absolute Gasteiger partial charge is 0.123 e. The number of ether oxygens (including phenoxy) is 2. The molecule has 1 saturated heterocycles. The lowest BCUT2D eigenvalue weighted by Crippen LogP contribution is -2.42. The van der Waals surface area contributed by atoms with E-state index in [0.29, 0.717) is 6.61 Å². The Balaban J connectivity index is 2.01. The van der Waals surface area contributed by atoms with Crippen LogP contribution in [0.5, 0.6) is 0 Å². The predicted molar refractivity (Wildman–Crippen MR) is 77.3 cm³/mol. The van der Waals surface area contributed by atoms with Crippen LogP contribution in [0.1, 0.15) is 18.9 Å². The molecule has 3 nitrogen and oxygen atoms in total. The number of methoxy groups -OCH3 is 1. The first-order chi connectivity index (χ1) is 9.66. The standard InChI is InChI=1S/C16H24FNO2/c1-13-16(7-9-20-13,12-18-8-10-19-2)11-14-3-5-15(17)6-4-14/h3-6,13,18H,7-12H2,1-2H3. The highest BCUT2D eigenvalue weighted by atomic mass is 19.1. The van der Waals surface area contributed by atoms with Crippen LogP contribution in [-0.4, -0.2) is 39.5 Å². The molecule has 1 fully saturated rings. The van der Waals surface area contributed by atoms with Gasteiger partial charge < -0.3 is 14.8 Å². The lowest BCUT2D eigenvalue weighted by molar-refractivity contribution is 0.0619. The SMILES string of the molecule is COCCNCC1(Cc2ccc(F)cc2)CCOC1C. The molecular formula is C16H24FNO2. The summed E-state index contributed by atoms with van der Waals surface area (Å²) in [5.74, 6) is -0.184. The third-order valence-corrected chi connectivity index (χ3v) is 4.26. The van der Waals surface area contributed by atoms with Gasteiger partial charge >= 0.3 is 0 Å². The topological polar surface area (TPSA) is 30.5 Å². The van der Waals surface area contributed by atoms with Gasteiger partial charge in [0.2, 0.25) is 0 Å². The molecule has 0 bridgehead atoms. The van der Waals surface area contributed by atoms with E-state index in [-0.39, 0.29) is 17.3 Å². The largest absolute Gasteiger partial charge is 0.383 e. The van der Waals surface area contributed by atoms with Crippen LogP contribution in [0.25, 0.3) is 0 Å². The number of rotatable bonds is 7. The molecule has 112 valence electrons. The molecule has 1 aliphatic heterocycles. The minimum absolute atomic E-state index is 0.0889. The second-order valence-corrected chi connectivity index (χ2v) is 5.60. The van der Waals surface area contributed by atoms with Crippen molar-refractivity contribution in [3.63, 3.8) is 0 Å². The summed E-state index contributed by atoms with van der Waals surface area (Å²) < 4.78 is 23.8. The second-order valence-electron chi connectivity index (χ2n) is 5.60. The molecule has 1 aromatic carbocycles. The van der Waals surface area contributed by atoms with Crippen LogP contribution in [0.2, 0.25) is 0 Å². The summed E-state index contributed by atoms with van der Waals surface area (Å²) in [7, 11) is 1.71. The van der Waals surface area contributed by atoms with Crippen molar-refractivity contribution >= 4 is 0 Å². The number of nitrogens with one attached hydrogen (secondary N) is 1. The van der Waals surface area contributed by atoms with Crippen molar-refractivity contribution in [2.75, 3.05) is 33.4 Å². The summed E-state index contributed by atoms with van der Waals surface area (Å²) in [6.45, 7) is 5.38. The molecule has 2 rings (SSSR count). The molecule has 2 atom stereocenters. The van der Waals surface area contributed by atoms with Gasteiger partial charge in [0.15, 0.2) is 0 Å². The summed E-state index contributed by atoms with van der Waals surface area (Å²) in [5, 5.41) is 3.45. The molecule has 4 heteroatoms. The quantitative estimate of drug-likeness (QED) is 0.779. The van der Waals surface area contributed by atoms with Gasteiger partial charge in [-0.15, -0.1) is 0 Å². The van der Waals surface area contributed by atoms with Crippen LogP contribution >= 0.6 is 0 Å². The van der Waals surface area contributed by atoms with Crippen LogP contribution in [0, 0.1) is 11.2 Å². The first-order valence-electron chi connectivity index (χ1n) is 7.22. The Morgan fingerprint density at radius 3 is 2.75 bits per heavy atom. The van der Waals surface area contributed by atoms with Crippen LogP contribution in [0.4, 0.5) is 4.39 Å². The third kappa shape index (κ3) is 3.78. The number of halogens is 1. The average molecular weight is 281 g/mol. The van der Waals surface area contributed by atoms with Crippen LogP contribution in [0.3, 0.4) is 0 Å². The van der Waals surface area contributed by atoms with Crippen molar-refractivity contribution in [1.82, 2.24) is 5.32 Å². The Hall–Kier alpha value is -0.970. The summed E-state index contributed by atoms with van der Waals surface area (Å²) >= 11 is 0. The molecule has 1 N–H and O–H groups in total. The summed E-state index contributed by atoms with van der Waals surface area (Å²) in [5.41, 5.74) is 1.25. The highest BCUT2D eigenvalue weighted by Crippen LogP contribution is 2.37. The maximum absolute atomic E-state index is 13.0. The maximum Gasteiger partial charge on any atom is 0.123 e. The van der Waals surface area contributed by atoms with Gasteiger partial charge in [0.25, 0.3) is 0 Å². The monoisotopic (exact) mass is 281 g/mol. The maximum atomic E-state index is 13.0. The lowest BCUT2D eigenvalue weighted by Gasteiger charge is -2.33. The highest BCUT2D eigenvalue weighted by molar-refractivity contribution is 5.19. The van der Waals surface area contributed by atoms with E-state index in [4.69, 9.17) is 9.47 Å². The average Bonchev–Trinajstić information content (AvgIpc) is 2.79. The van der Waals surface area contributed by atoms with Crippen molar-refractivity contribution in [3.8, 4) is 0 Å². The van der Waals surface area contributed by atoms with E-state index in [0.717, 1.165) is 38.1 Å². The van der Waals surface area contributed by atoms with Gasteiger partial charge in [-0.05, 0) is 37.5 Å². The number of hydrogen-bond donors (Lipinski definition) is 1. The van der Waals surface area contributed by atoms with Crippen molar-refractivity contribution in [1.29, 1.82) is 0 Å². The van der Waals surface area contributed by atoms with E-state index in [1.165, 1.54) is 12.1 Å². The lowest BCUT2D eigenvalue weighted by atomic mass is 9.76. The van der Waals surface area contributed by atoms with Crippen molar-refractivity contribution < 1.29 is 13.9 Å². The molecule has 1 heterocycles. The Labute approximate surface area is 120 Å². The fraction of sp³-hybridized carbons (Fsp3) is 0.625. The van der Waals surface area contributed by atoms with Gasteiger partial charge in [-0.2, -0.15) is 0 Å². The Kier molecular flexibility index (Phi) is 5.52. The van der Waals surface area contributed by atoms with E-state index >= 15 is 0 Å². The number of hydrogen-bond acceptors (Lipinski definition) is 3. The first kappa shape index (κ1) is 15.4.